The Bertz CT molecular complexity index is 468. The van der Waals surface area contributed by atoms with Gasteiger partial charge < -0.3 is 15.4 Å². The Morgan fingerprint density at radius 1 is 1.57 bits per heavy atom. The van der Waals surface area contributed by atoms with E-state index in [4.69, 9.17) is 16.3 Å². The lowest BCUT2D eigenvalue weighted by molar-refractivity contribution is -0.121. The number of methoxy groups -OCH3 is 1. The maximum absolute atomic E-state index is 11.9. The highest BCUT2D eigenvalue weighted by Gasteiger charge is 2.16. The summed E-state index contributed by atoms with van der Waals surface area (Å²) >= 11 is 7.85. The Labute approximate surface area is 140 Å². The van der Waals surface area contributed by atoms with Crippen molar-refractivity contribution in [1.29, 1.82) is 0 Å². The van der Waals surface area contributed by atoms with Crippen molar-refractivity contribution in [3.05, 3.63) is 28.8 Å². The Balaban J connectivity index is 0.00000220. The molecule has 0 aliphatic carbocycles. The molecule has 0 spiro atoms. The van der Waals surface area contributed by atoms with Crippen LogP contribution in [-0.2, 0) is 11.3 Å². The second-order valence-corrected chi connectivity index (χ2v) is 6.25. The Kier molecular flexibility index (Phi) is 8.26. The van der Waals surface area contributed by atoms with Gasteiger partial charge in [-0.2, -0.15) is 11.8 Å². The maximum Gasteiger partial charge on any atom is 0.221 e. The molecule has 0 saturated carbocycles. The molecule has 1 aromatic carbocycles. The summed E-state index contributed by atoms with van der Waals surface area (Å²) in [5.41, 5.74) is 0.888. The average molecular weight is 351 g/mol. The van der Waals surface area contributed by atoms with E-state index in [9.17, 15) is 4.79 Å². The van der Waals surface area contributed by atoms with E-state index in [2.05, 4.69) is 10.6 Å². The van der Waals surface area contributed by atoms with Gasteiger partial charge in [0.15, 0.2) is 0 Å². The van der Waals surface area contributed by atoms with Crippen LogP contribution in [0.3, 0.4) is 0 Å². The summed E-state index contributed by atoms with van der Waals surface area (Å²) in [4.78, 5) is 11.9. The number of benzene rings is 1. The largest absolute Gasteiger partial charge is 0.496 e. The molecule has 1 aliphatic rings. The number of hydrogen-bond donors (Lipinski definition) is 2. The lowest BCUT2D eigenvalue weighted by Gasteiger charge is -2.22. The number of thioether (sulfide) groups is 1. The highest BCUT2D eigenvalue weighted by Crippen LogP contribution is 2.22. The second kappa shape index (κ2) is 9.41. The molecular formula is C14H20Cl2N2O2S. The third-order valence-corrected chi connectivity index (χ3v) is 4.51. The third kappa shape index (κ3) is 5.94. The molecular weight excluding hydrogens is 331 g/mol. The van der Waals surface area contributed by atoms with Crippen LogP contribution >= 0.6 is 35.8 Å². The molecule has 7 heteroatoms. The van der Waals surface area contributed by atoms with Crippen LogP contribution in [0.5, 0.6) is 5.75 Å². The zero-order chi connectivity index (χ0) is 14.4. The quantitative estimate of drug-likeness (QED) is 0.856. The number of carbonyl (C=O) groups is 1. The van der Waals surface area contributed by atoms with Crippen LogP contribution in [-0.4, -0.2) is 37.1 Å². The van der Waals surface area contributed by atoms with Crippen molar-refractivity contribution >= 4 is 41.7 Å². The summed E-state index contributed by atoms with van der Waals surface area (Å²) < 4.78 is 5.26. The molecule has 1 fully saturated rings. The zero-order valence-electron chi connectivity index (χ0n) is 11.9. The monoisotopic (exact) mass is 350 g/mol. The fourth-order valence-corrected chi connectivity index (χ4v) is 3.27. The van der Waals surface area contributed by atoms with Gasteiger partial charge in [0.25, 0.3) is 0 Å². The van der Waals surface area contributed by atoms with Crippen molar-refractivity contribution in [2.45, 2.75) is 19.0 Å². The van der Waals surface area contributed by atoms with E-state index in [-0.39, 0.29) is 24.4 Å². The van der Waals surface area contributed by atoms with Crippen LogP contribution < -0.4 is 15.4 Å². The second-order valence-electron chi connectivity index (χ2n) is 4.66. The van der Waals surface area contributed by atoms with E-state index in [1.165, 1.54) is 0 Å². The van der Waals surface area contributed by atoms with E-state index in [0.29, 0.717) is 18.0 Å². The van der Waals surface area contributed by atoms with Crippen molar-refractivity contribution < 1.29 is 9.53 Å². The first-order valence-corrected chi connectivity index (χ1v) is 8.12. The van der Waals surface area contributed by atoms with Crippen molar-refractivity contribution in [1.82, 2.24) is 10.6 Å². The van der Waals surface area contributed by atoms with Gasteiger partial charge in [0.05, 0.1) is 7.11 Å². The number of ether oxygens (including phenoxy) is 1. The summed E-state index contributed by atoms with van der Waals surface area (Å²) in [6.45, 7) is 1.41. The van der Waals surface area contributed by atoms with Gasteiger partial charge in [0.1, 0.15) is 5.75 Å². The van der Waals surface area contributed by atoms with Gasteiger partial charge in [-0.05, 0) is 18.2 Å². The van der Waals surface area contributed by atoms with Crippen LogP contribution in [0, 0.1) is 0 Å². The van der Waals surface area contributed by atoms with Gasteiger partial charge in [0.2, 0.25) is 5.91 Å². The van der Waals surface area contributed by atoms with Gasteiger partial charge in [-0.3, -0.25) is 4.79 Å². The number of hydrogen-bond acceptors (Lipinski definition) is 4. The SMILES string of the molecule is COc1ccc(Cl)cc1CNC(=O)CC1CSCCN1.Cl. The first kappa shape index (κ1) is 18.4. The van der Waals surface area contributed by atoms with Crippen LogP contribution in [0.15, 0.2) is 18.2 Å². The summed E-state index contributed by atoms with van der Waals surface area (Å²) in [7, 11) is 1.61. The predicted molar refractivity (Wildman–Crippen MR) is 90.8 cm³/mol. The van der Waals surface area contributed by atoms with Crippen LogP contribution in [0.1, 0.15) is 12.0 Å². The number of rotatable bonds is 5. The molecule has 4 nitrogen and oxygen atoms in total. The van der Waals surface area contributed by atoms with Crippen molar-refractivity contribution in [2.24, 2.45) is 0 Å². The minimum absolute atomic E-state index is 0. The number of amides is 1. The van der Waals surface area contributed by atoms with Gasteiger partial charge >= 0.3 is 0 Å². The highest BCUT2D eigenvalue weighted by atomic mass is 35.5. The number of halogens is 2. The zero-order valence-corrected chi connectivity index (χ0v) is 14.2. The number of nitrogens with one attached hydrogen (secondary N) is 2. The van der Waals surface area contributed by atoms with E-state index in [1.807, 2.05) is 23.9 Å². The Hall–Kier alpha value is -0.620. The first-order valence-electron chi connectivity index (χ1n) is 6.59. The molecule has 1 atom stereocenters. The highest BCUT2D eigenvalue weighted by molar-refractivity contribution is 7.99. The van der Waals surface area contributed by atoms with E-state index in [1.54, 1.807) is 13.2 Å². The summed E-state index contributed by atoms with van der Waals surface area (Å²) in [6.07, 6.45) is 0.510. The predicted octanol–water partition coefficient (Wildman–Crippen LogP) is 2.48. The molecule has 0 bridgehead atoms. The fourth-order valence-electron chi connectivity index (χ4n) is 2.13. The summed E-state index contributed by atoms with van der Waals surface area (Å²) in [5.74, 6) is 2.90. The number of carbonyl (C=O) groups excluding carboxylic acids is 1. The first-order chi connectivity index (χ1) is 9.69. The molecule has 2 N–H and O–H groups in total. The van der Waals surface area contributed by atoms with E-state index < -0.39 is 0 Å². The van der Waals surface area contributed by atoms with E-state index >= 15 is 0 Å². The molecule has 1 heterocycles. The maximum atomic E-state index is 11.9. The molecule has 0 radical (unpaired) electrons. The smallest absolute Gasteiger partial charge is 0.221 e. The van der Waals surface area contributed by atoms with Gasteiger partial charge in [-0.15, -0.1) is 12.4 Å². The Morgan fingerprint density at radius 3 is 3.05 bits per heavy atom. The molecule has 1 saturated heterocycles. The third-order valence-electron chi connectivity index (χ3n) is 3.15. The summed E-state index contributed by atoms with van der Waals surface area (Å²) in [5, 5.41) is 6.91. The van der Waals surface area contributed by atoms with Crippen molar-refractivity contribution in [2.75, 3.05) is 25.2 Å². The summed E-state index contributed by atoms with van der Waals surface area (Å²) in [6, 6.07) is 5.67. The van der Waals surface area contributed by atoms with Gasteiger partial charge in [-0.1, -0.05) is 11.6 Å². The topological polar surface area (TPSA) is 50.4 Å². The Morgan fingerprint density at radius 2 is 2.38 bits per heavy atom. The standard InChI is InChI=1S/C14H19ClN2O2S.ClH/c1-19-13-3-2-11(15)6-10(13)8-17-14(18)7-12-9-20-5-4-16-12;/h2-3,6,12,16H,4-5,7-9H2,1H3,(H,17,18);1H. The van der Waals surface area contributed by atoms with Gasteiger partial charge in [0, 0.05) is 47.6 Å². The minimum Gasteiger partial charge on any atom is -0.496 e. The fraction of sp³-hybridized carbons (Fsp3) is 0.500. The lowest BCUT2D eigenvalue weighted by Crippen LogP contribution is -2.41. The molecule has 1 aliphatic heterocycles. The minimum atomic E-state index is 0. The molecule has 0 aromatic heterocycles. The van der Waals surface area contributed by atoms with Crippen LogP contribution in [0.25, 0.3) is 0 Å². The molecule has 1 amide bonds. The van der Waals surface area contributed by atoms with Crippen LogP contribution in [0.2, 0.25) is 5.02 Å². The molecule has 2 rings (SSSR count). The molecule has 1 unspecified atom stereocenters. The van der Waals surface area contributed by atoms with Gasteiger partial charge in [-0.25, -0.2) is 0 Å². The molecule has 118 valence electrons. The molecule has 1 aromatic rings. The van der Waals surface area contributed by atoms with Crippen molar-refractivity contribution in [3.8, 4) is 5.75 Å². The van der Waals surface area contributed by atoms with E-state index in [0.717, 1.165) is 29.4 Å². The van der Waals surface area contributed by atoms with Crippen molar-refractivity contribution in [3.63, 3.8) is 0 Å². The lowest BCUT2D eigenvalue weighted by atomic mass is 10.2. The average Bonchev–Trinajstić information content (AvgIpc) is 2.46. The van der Waals surface area contributed by atoms with Crippen LogP contribution in [0.4, 0.5) is 0 Å². The normalized spacial score (nSPS) is 17.7. The molecule has 21 heavy (non-hydrogen) atoms.